The second kappa shape index (κ2) is 6.44. The van der Waals surface area contributed by atoms with E-state index in [1.165, 1.54) is 0 Å². The summed E-state index contributed by atoms with van der Waals surface area (Å²) in [5, 5.41) is 5.02. The zero-order valence-corrected chi connectivity index (χ0v) is 9.54. The van der Waals surface area contributed by atoms with E-state index in [1.807, 2.05) is 13.8 Å². The maximum atomic E-state index is 12.1. The van der Waals surface area contributed by atoms with E-state index in [2.05, 4.69) is 10.6 Å². The molecule has 0 aromatic heterocycles. The van der Waals surface area contributed by atoms with E-state index < -0.39 is 24.8 Å². The van der Waals surface area contributed by atoms with Crippen molar-refractivity contribution in [3.8, 4) is 0 Å². The topological polar surface area (TPSA) is 24.1 Å². The second-order valence-electron chi connectivity index (χ2n) is 3.95. The van der Waals surface area contributed by atoms with Gasteiger partial charge in [-0.25, -0.2) is 0 Å². The molecule has 0 spiro atoms. The van der Waals surface area contributed by atoms with Crippen LogP contribution in [0.4, 0.5) is 26.3 Å². The van der Waals surface area contributed by atoms with Crippen LogP contribution in [0.5, 0.6) is 0 Å². The molecule has 17 heavy (non-hydrogen) atoms. The highest BCUT2D eigenvalue weighted by molar-refractivity contribution is 4.77. The minimum Gasteiger partial charge on any atom is -0.315 e. The van der Waals surface area contributed by atoms with Crippen LogP contribution in [0.3, 0.4) is 0 Å². The third-order valence-electron chi connectivity index (χ3n) is 1.99. The zero-order valence-electron chi connectivity index (χ0n) is 9.54. The molecule has 0 aliphatic heterocycles. The van der Waals surface area contributed by atoms with E-state index in [9.17, 15) is 26.3 Å². The molecular weight excluding hydrogens is 250 g/mol. The van der Waals surface area contributed by atoms with Crippen molar-refractivity contribution in [2.24, 2.45) is 5.92 Å². The van der Waals surface area contributed by atoms with Gasteiger partial charge in [0, 0.05) is 25.7 Å². The van der Waals surface area contributed by atoms with Crippen LogP contribution >= 0.6 is 0 Å². The molecule has 0 amide bonds. The lowest BCUT2D eigenvalue weighted by atomic mass is 10.1. The first-order valence-corrected chi connectivity index (χ1v) is 5.12. The fourth-order valence-electron chi connectivity index (χ4n) is 1.11. The number of hydrogen-bond donors (Lipinski definition) is 2. The van der Waals surface area contributed by atoms with Crippen molar-refractivity contribution in [1.29, 1.82) is 0 Å². The minimum atomic E-state index is -5.27. The lowest BCUT2D eigenvalue weighted by molar-refractivity contribution is -0.281. The van der Waals surface area contributed by atoms with Crippen LogP contribution in [-0.2, 0) is 0 Å². The Morgan fingerprint density at radius 1 is 0.882 bits per heavy atom. The summed E-state index contributed by atoms with van der Waals surface area (Å²) in [6.07, 6.45) is -10.5. The Hall–Kier alpha value is -0.500. The Morgan fingerprint density at radius 3 is 1.71 bits per heavy atom. The minimum absolute atomic E-state index is 0.0564. The molecule has 0 bridgehead atoms. The summed E-state index contributed by atoms with van der Waals surface area (Å²) < 4.78 is 72.5. The number of nitrogens with one attached hydrogen (secondary N) is 2. The summed E-state index contributed by atoms with van der Waals surface area (Å²) in [5.41, 5.74) is 0. The highest BCUT2D eigenvalue weighted by atomic mass is 19.4. The monoisotopic (exact) mass is 266 g/mol. The molecule has 0 radical (unpaired) electrons. The average molecular weight is 266 g/mol. The van der Waals surface area contributed by atoms with Crippen molar-refractivity contribution in [3.63, 3.8) is 0 Å². The van der Waals surface area contributed by atoms with E-state index in [1.54, 1.807) is 0 Å². The number of hydrogen-bond acceptors (Lipinski definition) is 2. The third kappa shape index (κ3) is 7.43. The van der Waals surface area contributed by atoms with Gasteiger partial charge in [0.15, 0.2) is 5.92 Å². The molecule has 0 aromatic carbocycles. The molecule has 0 saturated carbocycles. The fourth-order valence-corrected chi connectivity index (χ4v) is 1.11. The van der Waals surface area contributed by atoms with Gasteiger partial charge in [0.2, 0.25) is 0 Å². The lowest BCUT2D eigenvalue weighted by Crippen LogP contribution is -2.44. The number of rotatable bonds is 6. The summed E-state index contributed by atoms with van der Waals surface area (Å²) in [4.78, 5) is 0. The van der Waals surface area contributed by atoms with Crippen LogP contribution in [-0.4, -0.2) is 38.0 Å². The summed E-state index contributed by atoms with van der Waals surface area (Å²) in [6, 6.07) is 0.137. The van der Waals surface area contributed by atoms with Gasteiger partial charge in [0.05, 0.1) is 0 Å². The Balaban J connectivity index is 4.04. The molecule has 0 aliphatic carbocycles. The number of alkyl halides is 6. The highest BCUT2D eigenvalue weighted by Gasteiger charge is 2.56. The van der Waals surface area contributed by atoms with Crippen LogP contribution in [0.2, 0.25) is 0 Å². The molecule has 0 rings (SSSR count). The van der Waals surface area contributed by atoms with Gasteiger partial charge in [-0.15, -0.1) is 0 Å². The molecule has 8 heteroatoms. The average Bonchev–Trinajstić information content (AvgIpc) is 2.05. The van der Waals surface area contributed by atoms with Crippen LogP contribution in [0.15, 0.2) is 0 Å². The number of halogens is 6. The molecule has 2 nitrogen and oxygen atoms in total. The second-order valence-corrected chi connectivity index (χ2v) is 3.95. The Morgan fingerprint density at radius 2 is 1.35 bits per heavy atom. The lowest BCUT2D eigenvalue weighted by Gasteiger charge is -2.23. The van der Waals surface area contributed by atoms with Crippen molar-refractivity contribution in [3.05, 3.63) is 0 Å². The molecular formula is C9H16F6N2. The first kappa shape index (κ1) is 16.5. The van der Waals surface area contributed by atoms with Gasteiger partial charge in [0.25, 0.3) is 0 Å². The van der Waals surface area contributed by atoms with Crippen molar-refractivity contribution >= 4 is 0 Å². The first-order valence-electron chi connectivity index (χ1n) is 5.12. The largest absolute Gasteiger partial charge is 0.401 e. The Labute approximate surface area is 95.8 Å². The van der Waals surface area contributed by atoms with Gasteiger partial charge in [-0.2, -0.15) is 26.3 Å². The summed E-state index contributed by atoms with van der Waals surface area (Å²) >= 11 is 0. The summed E-state index contributed by atoms with van der Waals surface area (Å²) in [7, 11) is 0. The predicted molar refractivity (Wildman–Crippen MR) is 51.6 cm³/mol. The first-order chi connectivity index (χ1) is 7.55. The fraction of sp³-hybridized carbons (Fsp3) is 1.00. The zero-order chi connectivity index (χ0) is 13.7. The van der Waals surface area contributed by atoms with Gasteiger partial charge < -0.3 is 10.6 Å². The van der Waals surface area contributed by atoms with Crippen molar-refractivity contribution in [2.75, 3.05) is 19.6 Å². The van der Waals surface area contributed by atoms with Gasteiger partial charge in [-0.3, -0.25) is 0 Å². The van der Waals surface area contributed by atoms with E-state index in [-0.39, 0.29) is 12.6 Å². The van der Waals surface area contributed by atoms with Crippen molar-refractivity contribution in [1.82, 2.24) is 10.6 Å². The maximum absolute atomic E-state index is 12.1. The quantitative estimate of drug-likeness (QED) is 0.569. The van der Waals surface area contributed by atoms with Crippen LogP contribution < -0.4 is 10.6 Å². The van der Waals surface area contributed by atoms with E-state index >= 15 is 0 Å². The molecule has 0 saturated heterocycles. The summed E-state index contributed by atoms with van der Waals surface area (Å²) in [6.45, 7) is 2.89. The van der Waals surface area contributed by atoms with Gasteiger partial charge in [0.1, 0.15) is 0 Å². The molecule has 0 fully saturated rings. The van der Waals surface area contributed by atoms with Crippen LogP contribution in [0.1, 0.15) is 13.8 Å². The predicted octanol–water partition coefficient (Wildman–Crippen LogP) is 2.31. The van der Waals surface area contributed by atoms with Gasteiger partial charge in [-0.1, -0.05) is 13.8 Å². The SMILES string of the molecule is CC(C)NCCNCC(C(F)(F)F)C(F)(F)F. The van der Waals surface area contributed by atoms with Crippen LogP contribution in [0, 0.1) is 5.92 Å². The summed E-state index contributed by atoms with van der Waals surface area (Å²) in [5.74, 6) is -3.31. The van der Waals surface area contributed by atoms with E-state index in [4.69, 9.17) is 0 Å². The van der Waals surface area contributed by atoms with E-state index in [0.29, 0.717) is 6.54 Å². The molecule has 104 valence electrons. The molecule has 0 aliphatic rings. The van der Waals surface area contributed by atoms with Gasteiger partial charge >= 0.3 is 12.4 Å². The highest BCUT2D eigenvalue weighted by Crippen LogP contribution is 2.38. The van der Waals surface area contributed by atoms with E-state index in [0.717, 1.165) is 0 Å². The standard InChI is InChI=1S/C9H16F6N2/c1-6(2)17-4-3-16-5-7(8(10,11)12)9(13,14)15/h6-7,16-17H,3-5H2,1-2H3. The molecule has 0 unspecified atom stereocenters. The Bertz CT molecular complexity index is 197. The molecule has 2 N–H and O–H groups in total. The third-order valence-corrected chi connectivity index (χ3v) is 1.99. The Kier molecular flexibility index (Phi) is 6.25. The van der Waals surface area contributed by atoms with Gasteiger partial charge in [-0.05, 0) is 0 Å². The molecule has 0 atom stereocenters. The molecule has 0 aromatic rings. The smallest absolute Gasteiger partial charge is 0.315 e. The normalized spacial score (nSPS) is 13.8. The van der Waals surface area contributed by atoms with Crippen molar-refractivity contribution in [2.45, 2.75) is 32.2 Å². The maximum Gasteiger partial charge on any atom is 0.401 e. The molecule has 0 heterocycles. The van der Waals surface area contributed by atoms with Crippen molar-refractivity contribution < 1.29 is 26.3 Å². The van der Waals surface area contributed by atoms with Crippen LogP contribution in [0.25, 0.3) is 0 Å².